The van der Waals surface area contributed by atoms with Gasteiger partial charge in [-0.2, -0.15) is 0 Å². The highest BCUT2D eigenvalue weighted by molar-refractivity contribution is 8.23. The largest absolute Gasteiger partial charge is 0.506 e. The third-order valence-electron chi connectivity index (χ3n) is 8.09. The highest BCUT2D eigenvalue weighted by Crippen LogP contribution is 2.57. The molecule has 48 heavy (non-hydrogen) atoms. The molecule has 0 aromatic heterocycles. The van der Waals surface area contributed by atoms with Crippen molar-refractivity contribution in [3.05, 3.63) is 93.0 Å². The van der Waals surface area contributed by atoms with E-state index in [9.17, 15) is 37.5 Å². The molecule has 16 heteroatoms. The molecule has 0 saturated heterocycles. The number of carbonyl (C=O) groups is 1. The minimum absolute atomic E-state index is 0.0445. The number of nitrogens with zero attached hydrogens (tertiary/aromatic N) is 2. The SMILES string of the molecule is COc1ccc([N+](=O)[O-])cc1CNC1(CCC(C)(C)C)C(=O)C(C2=NS(O)(O)c3cc(NS(C)(=O)=O)ccc3N2)=C(O)c2ccccc21. The van der Waals surface area contributed by atoms with E-state index in [0.29, 0.717) is 28.9 Å². The van der Waals surface area contributed by atoms with Crippen LogP contribution in [0.1, 0.15) is 50.3 Å². The number of hydrogen-bond acceptors (Lipinski definition) is 12. The number of anilines is 2. The number of nitrogens with one attached hydrogen (secondary N) is 3. The molecule has 1 heterocycles. The van der Waals surface area contributed by atoms with Crippen molar-refractivity contribution in [3.8, 4) is 5.75 Å². The minimum Gasteiger partial charge on any atom is -0.506 e. The molecular formula is C32H37N5O9S2. The summed E-state index contributed by atoms with van der Waals surface area (Å²) in [6.45, 7) is 6.01. The van der Waals surface area contributed by atoms with E-state index in [0.717, 1.165) is 6.26 Å². The number of rotatable bonds is 10. The number of carbonyl (C=O) groups excluding carboxylic acids is 1. The average molecular weight is 700 g/mol. The summed E-state index contributed by atoms with van der Waals surface area (Å²) >= 11 is 0. The number of Topliss-reactive ketones (excluding diaryl/α,β-unsaturated/α-hetero) is 1. The van der Waals surface area contributed by atoms with Crippen molar-refractivity contribution in [3.63, 3.8) is 0 Å². The second-order valence-corrected chi connectivity index (χ2v) is 16.2. The molecule has 3 aromatic rings. The van der Waals surface area contributed by atoms with E-state index in [1.807, 2.05) is 20.8 Å². The number of sulfonamides is 1. The Morgan fingerprint density at radius 2 is 1.81 bits per heavy atom. The second kappa shape index (κ2) is 12.5. The van der Waals surface area contributed by atoms with E-state index in [2.05, 4.69) is 19.8 Å². The number of aliphatic hydroxyl groups is 1. The Hall–Kier alpha value is -4.48. The fourth-order valence-electron chi connectivity index (χ4n) is 5.76. The maximum absolute atomic E-state index is 15.0. The Morgan fingerprint density at radius 1 is 1.10 bits per heavy atom. The van der Waals surface area contributed by atoms with Crippen molar-refractivity contribution >= 4 is 55.2 Å². The number of nitro groups is 1. The summed E-state index contributed by atoms with van der Waals surface area (Å²) in [5.41, 5.74) is -0.828. The summed E-state index contributed by atoms with van der Waals surface area (Å²) < 4.78 is 57.8. The van der Waals surface area contributed by atoms with Gasteiger partial charge in [0.15, 0.2) is 11.6 Å². The third-order valence-corrected chi connectivity index (χ3v) is 10.1. The predicted molar refractivity (Wildman–Crippen MR) is 185 cm³/mol. The van der Waals surface area contributed by atoms with Crippen molar-refractivity contribution in [2.45, 2.75) is 50.6 Å². The molecule has 0 fully saturated rings. The lowest BCUT2D eigenvalue weighted by Crippen LogP contribution is -2.53. The molecule has 0 saturated carbocycles. The number of amidine groups is 1. The fraction of sp³-hybridized carbons (Fsp3) is 0.312. The molecule has 14 nitrogen and oxygen atoms in total. The molecule has 0 radical (unpaired) electrons. The predicted octanol–water partition coefficient (Wildman–Crippen LogP) is 6.19. The van der Waals surface area contributed by atoms with Gasteiger partial charge in [-0.05, 0) is 48.1 Å². The molecule has 256 valence electrons. The van der Waals surface area contributed by atoms with Gasteiger partial charge in [-0.1, -0.05) is 55.8 Å². The zero-order valence-corrected chi connectivity index (χ0v) is 28.5. The number of fused-ring (bicyclic) bond motifs is 2. The van der Waals surface area contributed by atoms with Crippen LogP contribution in [0.4, 0.5) is 17.1 Å². The average Bonchev–Trinajstić information content (AvgIpc) is 2.99. The Kier molecular flexibility index (Phi) is 9.09. The number of hydrogen-bond donors (Lipinski definition) is 6. The van der Waals surface area contributed by atoms with Crippen LogP contribution >= 0.6 is 10.8 Å². The number of methoxy groups -OCH3 is 1. The van der Waals surface area contributed by atoms with Crippen molar-refractivity contribution in [2.75, 3.05) is 23.4 Å². The van der Waals surface area contributed by atoms with Crippen LogP contribution in [0.3, 0.4) is 0 Å². The second-order valence-electron chi connectivity index (χ2n) is 12.8. The number of benzene rings is 3. The van der Waals surface area contributed by atoms with Gasteiger partial charge < -0.3 is 15.2 Å². The van der Waals surface area contributed by atoms with E-state index in [1.54, 1.807) is 24.3 Å². The summed E-state index contributed by atoms with van der Waals surface area (Å²) in [5, 5.41) is 29.5. The molecule has 1 unspecified atom stereocenters. The van der Waals surface area contributed by atoms with Crippen LogP contribution in [0.5, 0.6) is 5.75 Å². The van der Waals surface area contributed by atoms with Gasteiger partial charge in [0.05, 0.1) is 29.7 Å². The van der Waals surface area contributed by atoms with Crippen molar-refractivity contribution in [1.82, 2.24) is 5.32 Å². The lowest BCUT2D eigenvalue weighted by Gasteiger charge is -2.42. The normalized spacial score (nSPS) is 19.4. The van der Waals surface area contributed by atoms with Crippen LogP contribution in [-0.4, -0.2) is 52.5 Å². The van der Waals surface area contributed by atoms with Crippen molar-refractivity contribution in [1.29, 1.82) is 0 Å². The first kappa shape index (κ1) is 34.8. The maximum atomic E-state index is 15.0. The van der Waals surface area contributed by atoms with Crippen LogP contribution in [0.2, 0.25) is 0 Å². The van der Waals surface area contributed by atoms with E-state index < -0.39 is 42.8 Å². The molecule has 5 rings (SSSR count). The number of ether oxygens (including phenoxy) is 1. The first-order valence-corrected chi connectivity index (χ1v) is 18.2. The maximum Gasteiger partial charge on any atom is 0.270 e. The molecule has 6 N–H and O–H groups in total. The molecule has 2 aliphatic rings. The number of nitro benzene ring substituents is 1. The molecule has 1 aliphatic heterocycles. The Bertz CT molecular complexity index is 1990. The van der Waals surface area contributed by atoms with Crippen LogP contribution in [-0.2, 0) is 26.9 Å². The van der Waals surface area contributed by atoms with Gasteiger partial charge in [-0.3, -0.25) is 34.1 Å². The highest BCUT2D eigenvalue weighted by atomic mass is 32.3. The van der Waals surface area contributed by atoms with Crippen LogP contribution in [0.25, 0.3) is 5.76 Å². The number of ketones is 1. The van der Waals surface area contributed by atoms with E-state index in [4.69, 9.17) is 4.74 Å². The zero-order valence-electron chi connectivity index (χ0n) is 26.9. The standard InChI is InChI=1S/C32H37N5O9S2/c1-31(2,3)14-15-32(33-18-19-16-21(37(40)41)11-13-25(19)46-4)23-9-7-6-8-22(23)28(38)27(29(32)39)30-34-24-12-10-20(35-47(5,42)43)17-26(24)48(44,45)36-30/h6-13,16-17,33,35,38,44-45H,14-15,18H2,1-5H3,(H,34,36). The lowest BCUT2D eigenvalue weighted by atomic mass is 9.69. The van der Waals surface area contributed by atoms with Crippen molar-refractivity contribution < 1.29 is 37.1 Å². The zero-order chi connectivity index (χ0) is 35.2. The van der Waals surface area contributed by atoms with Crippen LogP contribution < -0.4 is 20.1 Å². The number of aliphatic hydroxyl groups excluding tert-OH is 1. The summed E-state index contributed by atoms with van der Waals surface area (Å²) in [6.07, 6.45) is 1.70. The summed E-state index contributed by atoms with van der Waals surface area (Å²) in [4.78, 5) is 25.9. The summed E-state index contributed by atoms with van der Waals surface area (Å²) in [5.74, 6) is -0.981. The quantitative estimate of drug-likeness (QED) is 0.104. The monoisotopic (exact) mass is 699 g/mol. The molecule has 0 spiro atoms. The van der Waals surface area contributed by atoms with Gasteiger partial charge in [0.2, 0.25) is 10.0 Å². The summed E-state index contributed by atoms with van der Waals surface area (Å²) in [6, 6.07) is 15.0. The Morgan fingerprint density at radius 3 is 2.46 bits per heavy atom. The smallest absolute Gasteiger partial charge is 0.270 e. The fourth-order valence-corrected chi connectivity index (χ4v) is 7.51. The Labute approximate surface area is 279 Å². The minimum atomic E-state index is -4.00. The highest BCUT2D eigenvalue weighted by Gasteiger charge is 2.50. The molecule has 3 aromatic carbocycles. The first-order chi connectivity index (χ1) is 22.3. The molecular weight excluding hydrogens is 663 g/mol. The van der Waals surface area contributed by atoms with Gasteiger partial charge in [0, 0.05) is 29.8 Å². The van der Waals surface area contributed by atoms with E-state index in [1.165, 1.54) is 43.5 Å². The molecule has 0 amide bonds. The van der Waals surface area contributed by atoms with Crippen LogP contribution in [0.15, 0.2) is 75.5 Å². The topological polar surface area (TPSA) is 213 Å². The van der Waals surface area contributed by atoms with Crippen LogP contribution in [0, 0.1) is 15.5 Å². The van der Waals surface area contributed by atoms with E-state index in [-0.39, 0.29) is 51.7 Å². The molecule has 1 aliphatic carbocycles. The number of non-ortho nitro benzene ring substituents is 1. The van der Waals surface area contributed by atoms with Gasteiger partial charge >= 0.3 is 0 Å². The Balaban J connectivity index is 1.65. The van der Waals surface area contributed by atoms with Crippen molar-refractivity contribution in [2.24, 2.45) is 9.81 Å². The van der Waals surface area contributed by atoms with Gasteiger partial charge in [-0.25, -0.2) is 8.42 Å². The van der Waals surface area contributed by atoms with Gasteiger partial charge in [0.25, 0.3) is 5.69 Å². The van der Waals surface area contributed by atoms with E-state index >= 15 is 0 Å². The van der Waals surface area contributed by atoms with Gasteiger partial charge in [0.1, 0.15) is 27.5 Å². The lowest BCUT2D eigenvalue weighted by molar-refractivity contribution is -0.384. The van der Waals surface area contributed by atoms with Gasteiger partial charge in [-0.15, -0.1) is 4.40 Å². The molecule has 0 bridgehead atoms. The first-order valence-electron chi connectivity index (χ1n) is 14.8. The molecule has 1 atom stereocenters. The summed E-state index contributed by atoms with van der Waals surface area (Å²) in [7, 11) is -6.24. The third kappa shape index (κ3) is 6.88.